The molecule has 6 heteroatoms. The third-order valence-corrected chi connectivity index (χ3v) is 4.75. The van der Waals surface area contributed by atoms with Crippen molar-refractivity contribution in [2.24, 2.45) is 0 Å². The van der Waals surface area contributed by atoms with Crippen molar-refractivity contribution >= 4 is 17.6 Å². The van der Waals surface area contributed by atoms with E-state index in [9.17, 15) is 4.79 Å². The van der Waals surface area contributed by atoms with Crippen LogP contribution in [0.3, 0.4) is 0 Å². The number of rotatable bonds is 4. The van der Waals surface area contributed by atoms with Crippen molar-refractivity contribution < 1.29 is 9.90 Å². The lowest BCUT2D eigenvalue weighted by atomic mass is 10.1. The quantitative estimate of drug-likeness (QED) is 0.888. The van der Waals surface area contributed by atoms with Crippen LogP contribution in [-0.2, 0) is 6.54 Å². The summed E-state index contributed by atoms with van der Waals surface area (Å²) in [5.41, 5.74) is 2.03. The summed E-state index contributed by atoms with van der Waals surface area (Å²) in [6, 6.07) is 5.87. The van der Waals surface area contributed by atoms with Crippen molar-refractivity contribution in [1.82, 2.24) is 15.1 Å². The Morgan fingerprint density at radius 2 is 2.23 bits per heavy atom. The van der Waals surface area contributed by atoms with Gasteiger partial charge in [0.15, 0.2) is 0 Å². The van der Waals surface area contributed by atoms with Gasteiger partial charge in [-0.2, -0.15) is 0 Å². The van der Waals surface area contributed by atoms with E-state index in [1.165, 1.54) is 0 Å². The second kappa shape index (κ2) is 7.81. The van der Waals surface area contributed by atoms with Crippen LogP contribution in [-0.4, -0.2) is 60.3 Å². The molecule has 1 saturated heterocycles. The summed E-state index contributed by atoms with van der Waals surface area (Å²) in [5.74, 6) is 0. The van der Waals surface area contributed by atoms with E-state index >= 15 is 0 Å². The summed E-state index contributed by atoms with van der Waals surface area (Å²) in [6.45, 7) is 4.76. The molecule has 5 nitrogen and oxygen atoms in total. The molecule has 1 aromatic carbocycles. The third kappa shape index (κ3) is 4.12. The molecule has 0 unspecified atom stereocenters. The highest BCUT2D eigenvalue weighted by molar-refractivity contribution is 6.31. The van der Waals surface area contributed by atoms with Gasteiger partial charge in [0, 0.05) is 43.9 Å². The molecule has 0 radical (unpaired) electrons. The molecular formula is C16H24ClN3O2. The smallest absolute Gasteiger partial charge is 0.317 e. The van der Waals surface area contributed by atoms with Gasteiger partial charge in [-0.25, -0.2) is 4.79 Å². The normalized spacial score (nSPS) is 19.3. The molecule has 0 aliphatic carbocycles. The van der Waals surface area contributed by atoms with Crippen molar-refractivity contribution in [3.63, 3.8) is 0 Å². The fourth-order valence-electron chi connectivity index (χ4n) is 2.72. The Balaban J connectivity index is 1.90. The van der Waals surface area contributed by atoms with E-state index in [0.717, 1.165) is 17.7 Å². The largest absolute Gasteiger partial charge is 0.396 e. The number of halogens is 1. The SMILES string of the molecule is Cc1c(Cl)cccc1CNC(=O)N1CCN(C)[C@H](CCO)C1. The van der Waals surface area contributed by atoms with Crippen LogP contribution in [0.15, 0.2) is 18.2 Å². The molecule has 2 amide bonds. The van der Waals surface area contributed by atoms with E-state index in [2.05, 4.69) is 10.2 Å². The highest BCUT2D eigenvalue weighted by atomic mass is 35.5. The molecule has 2 rings (SSSR count). The Kier molecular flexibility index (Phi) is 6.06. The number of aliphatic hydroxyl groups excluding tert-OH is 1. The number of nitrogens with zero attached hydrogens (tertiary/aromatic N) is 2. The van der Waals surface area contributed by atoms with Gasteiger partial charge in [-0.05, 0) is 37.6 Å². The van der Waals surface area contributed by atoms with Gasteiger partial charge < -0.3 is 15.3 Å². The lowest BCUT2D eigenvalue weighted by molar-refractivity contribution is 0.0926. The Morgan fingerprint density at radius 3 is 2.95 bits per heavy atom. The second-order valence-corrected chi connectivity index (χ2v) is 6.18. The molecule has 1 heterocycles. The molecular weight excluding hydrogens is 302 g/mol. The zero-order valence-corrected chi connectivity index (χ0v) is 13.9. The number of benzene rings is 1. The number of aliphatic hydroxyl groups is 1. The van der Waals surface area contributed by atoms with Gasteiger partial charge in [-0.1, -0.05) is 23.7 Å². The fraction of sp³-hybridized carbons (Fsp3) is 0.562. The van der Waals surface area contributed by atoms with Crippen molar-refractivity contribution in [1.29, 1.82) is 0 Å². The Bertz CT molecular complexity index is 524. The minimum absolute atomic E-state index is 0.0598. The average Bonchev–Trinajstić information content (AvgIpc) is 2.51. The van der Waals surface area contributed by atoms with E-state index in [1.54, 1.807) is 0 Å². The zero-order chi connectivity index (χ0) is 16.1. The molecule has 2 N–H and O–H groups in total. The van der Waals surface area contributed by atoms with Crippen LogP contribution in [0, 0.1) is 6.92 Å². The van der Waals surface area contributed by atoms with E-state index < -0.39 is 0 Å². The summed E-state index contributed by atoms with van der Waals surface area (Å²) in [5, 5.41) is 12.8. The molecule has 1 aromatic rings. The first kappa shape index (κ1) is 17.1. The van der Waals surface area contributed by atoms with Gasteiger partial charge in [0.2, 0.25) is 0 Å². The van der Waals surface area contributed by atoms with Crippen molar-refractivity contribution in [3.8, 4) is 0 Å². The topological polar surface area (TPSA) is 55.8 Å². The summed E-state index contributed by atoms with van der Waals surface area (Å²) in [7, 11) is 2.03. The average molecular weight is 326 g/mol. The van der Waals surface area contributed by atoms with E-state index in [-0.39, 0.29) is 18.7 Å². The molecule has 1 fully saturated rings. The molecule has 0 aromatic heterocycles. The van der Waals surface area contributed by atoms with Crippen molar-refractivity contribution in [2.75, 3.05) is 33.3 Å². The van der Waals surface area contributed by atoms with Gasteiger partial charge in [0.1, 0.15) is 0 Å². The molecule has 0 bridgehead atoms. The van der Waals surface area contributed by atoms with Crippen LogP contribution >= 0.6 is 11.6 Å². The predicted molar refractivity (Wildman–Crippen MR) is 88.1 cm³/mol. The summed E-state index contributed by atoms with van der Waals surface area (Å²) < 4.78 is 0. The second-order valence-electron chi connectivity index (χ2n) is 5.78. The first-order valence-electron chi connectivity index (χ1n) is 7.60. The molecule has 1 aliphatic rings. The minimum atomic E-state index is -0.0598. The highest BCUT2D eigenvalue weighted by Gasteiger charge is 2.26. The number of likely N-dealkylation sites (N-methyl/N-ethyl adjacent to an activating group) is 1. The Labute approximate surface area is 136 Å². The molecule has 0 saturated carbocycles. The van der Waals surface area contributed by atoms with E-state index in [0.29, 0.717) is 31.1 Å². The van der Waals surface area contributed by atoms with E-state index in [1.807, 2.05) is 37.1 Å². The predicted octanol–water partition coefficient (Wildman–Crippen LogP) is 1.86. The van der Waals surface area contributed by atoms with Gasteiger partial charge >= 0.3 is 6.03 Å². The van der Waals surface area contributed by atoms with Crippen LogP contribution < -0.4 is 5.32 Å². The maximum Gasteiger partial charge on any atom is 0.317 e. The molecule has 1 atom stereocenters. The van der Waals surface area contributed by atoms with Gasteiger partial charge in [-0.3, -0.25) is 4.90 Å². The maximum atomic E-state index is 12.3. The Hall–Kier alpha value is -1.30. The summed E-state index contributed by atoms with van der Waals surface area (Å²) in [4.78, 5) is 16.3. The van der Waals surface area contributed by atoms with Gasteiger partial charge in [0.05, 0.1) is 0 Å². The molecule has 22 heavy (non-hydrogen) atoms. The summed E-state index contributed by atoms with van der Waals surface area (Å²) in [6.07, 6.45) is 0.688. The van der Waals surface area contributed by atoms with Crippen LogP contribution in [0.2, 0.25) is 5.02 Å². The third-order valence-electron chi connectivity index (χ3n) is 4.34. The number of hydrogen-bond acceptors (Lipinski definition) is 3. The van der Waals surface area contributed by atoms with Crippen LogP contribution in [0.25, 0.3) is 0 Å². The number of carbonyl (C=O) groups is 1. The van der Waals surface area contributed by atoms with Gasteiger partial charge in [-0.15, -0.1) is 0 Å². The lowest BCUT2D eigenvalue weighted by Crippen LogP contribution is -2.55. The zero-order valence-electron chi connectivity index (χ0n) is 13.2. The van der Waals surface area contributed by atoms with Crippen LogP contribution in [0.1, 0.15) is 17.5 Å². The van der Waals surface area contributed by atoms with Crippen LogP contribution in [0.4, 0.5) is 4.79 Å². The minimum Gasteiger partial charge on any atom is -0.396 e. The maximum absolute atomic E-state index is 12.3. The van der Waals surface area contributed by atoms with Gasteiger partial charge in [0.25, 0.3) is 0 Å². The number of carbonyl (C=O) groups excluding carboxylic acids is 1. The van der Waals surface area contributed by atoms with Crippen molar-refractivity contribution in [2.45, 2.75) is 25.9 Å². The standard InChI is InChI=1S/C16H24ClN3O2/c1-12-13(4-3-5-15(12)17)10-18-16(22)20-8-7-19(2)14(11-20)6-9-21/h3-5,14,21H,6-11H2,1-2H3,(H,18,22)/t14-/m1/s1. The first-order valence-corrected chi connectivity index (χ1v) is 7.98. The molecule has 122 valence electrons. The number of hydrogen-bond donors (Lipinski definition) is 2. The number of piperazine rings is 1. The summed E-state index contributed by atoms with van der Waals surface area (Å²) >= 11 is 6.10. The van der Waals surface area contributed by atoms with Crippen LogP contribution in [0.5, 0.6) is 0 Å². The van der Waals surface area contributed by atoms with E-state index in [4.69, 9.17) is 16.7 Å². The Morgan fingerprint density at radius 1 is 1.45 bits per heavy atom. The number of urea groups is 1. The first-order chi connectivity index (χ1) is 10.5. The number of nitrogens with one attached hydrogen (secondary N) is 1. The monoisotopic (exact) mass is 325 g/mol. The fourth-order valence-corrected chi connectivity index (χ4v) is 2.91. The molecule has 1 aliphatic heterocycles. The lowest BCUT2D eigenvalue weighted by Gasteiger charge is -2.39. The molecule has 0 spiro atoms. The highest BCUT2D eigenvalue weighted by Crippen LogP contribution is 2.18. The number of amides is 2. The van der Waals surface area contributed by atoms with Crippen molar-refractivity contribution in [3.05, 3.63) is 34.3 Å².